The first kappa shape index (κ1) is 18.4. The topological polar surface area (TPSA) is 49.8 Å². The zero-order valence-corrected chi connectivity index (χ0v) is 16.3. The predicted molar refractivity (Wildman–Crippen MR) is 113 cm³/mol. The maximum absolute atomic E-state index is 14.5. The molecule has 0 atom stereocenters. The Bertz CT molecular complexity index is 1060. The van der Waals surface area contributed by atoms with Crippen molar-refractivity contribution in [3.63, 3.8) is 0 Å². The van der Waals surface area contributed by atoms with E-state index in [1.165, 1.54) is 12.1 Å². The van der Waals surface area contributed by atoms with Crippen LogP contribution in [-0.2, 0) is 6.42 Å². The van der Waals surface area contributed by atoms with Crippen LogP contribution in [0.3, 0.4) is 0 Å². The fourth-order valence-electron chi connectivity index (χ4n) is 3.43. The zero-order chi connectivity index (χ0) is 19.7. The van der Waals surface area contributed by atoms with Crippen LogP contribution >= 0.6 is 11.6 Å². The van der Waals surface area contributed by atoms with Gasteiger partial charge in [0.15, 0.2) is 0 Å². The van der Waals surface area contributed by atoms with Crippen LogP contribution in [0.15, 0.2) is 49.3 Å². The van der Waals surface area contributed by atoms with Gasteiger partial charge in [0, 0.05) is 59.0 Å². The molecule has 0 unspecified atom stereocenters. The van der Waals surface area contributed by atoms with E-state index in [4.69, 9.17) is 11.6 Å². The molecule has 2 aromatic heterocycles. The molecule has 0 radical (unpaired) electrons. The molecule has 28 heavy (non-hydrogen) atoms. The Morgan fingerprint density at radius 2 is 2.07 bits per heavy atom. The van der Waals surface area contributed by atoms with Gasteiger partial charge >= 0.3 is 0 Å². The average Bonchev–Trinajstić information content (AvgIpc) is 2.74. The van der Waals surface area contributed by atoms with Crippen LogP contribution < -0.4 is 10.6 Å². The van der Waals surface area contributed by atoms with Crippen molar-refractivity contribution in [1.29, 1.82) is 0 Å². The third-order valence-electron chi connectivity index (χ3n) is 4.92. The molecule has 0 saturated carbocycles. The van der Waals surface area contributed by atoms with E-state index >= 15 is 0 Å². The van der Waals surface area contributed by atoms with Gasteiger partial charge in [-0.2, -0.15) is 0 Å². The van der Waals surface area contributed by atoms with Gasteiger partial charge in [-0.3, -0.25) is 4.98 Å². The number of aromatic nitrogens is 2. The number of nitrogens with one attached hydrogen (secondary N) is 2. The molecule has 4 nitrogen and oxygen atoms in total. The molecule has 1 aromatic carbocycles. The molecule has 1 aliphatic rings. The molecular weight excluding hydrogens is 375 g/mol. The Kier molecular flexibility index (Phi) is 5.01. The van der Waals surface area contributed by atoms with E-state index in [-0.39, 0.29) is 5.82 Å². The van der Waals surface area contributed by atoms with E-state index in [1.54, 1.807) is 12.3 Å². The monoisotopic (exact) mass is 394 g/mol. The third-order valence-corrected chi connectivity index (χ3v) is 5.16. The molecule has 3 heterocycles. The number of hydrogen-bond acceptors (Lipinski definition) is 4. The number of pyridine rings is 2. The normalized spacial score (nSPS) is 12.8. The lowest BCUT2D eigenvalue weighted by Crippen LogP contribution is -2.15. The highest BCUT2D eigenvalue weighted by molar-refractivity contribution is 6.30. The number of nitrogens with zero attached hydrogens (tertiary/aromatic N) is 2. The standard InChI is InChI=1S/C22H20ClFN4/c1-13(25-2)14-8-15(12-26-11-14)18-10-21(19-9-16(23)5-6-20(19)24)28-22-17(18)4-3-7-27-22/h5-6,8-12,25H,1,3-4,7H2,2H3,(H,27,28). The van der Waals surface area contributed by atoms with E-state index in [9.17, 15) is 4.39 Å². The van der Waals surface area contributed by atoms with Gasteiger partial charge in [0.2, 0.25) is 0 Å². The van der Waals surface area contributed by atoms with Crippen molar-refractivity contribution >= 4 is 23.1 Å². The number of hydrogen-bond donors (Lipinski definition) is 2. The van der Waals surface area contributed by atoms with Gasteiger partial charge in [-0.15, -0.1) is 0 Å². The summed E-state index contributed by atoms with van der Waals surface area (Å²) in [5.74, 6) is 0.435. The van der Waals surface area contributed by atoms with Crippen LogP contribution in [0, 0.1) is 5.82 Å². The summed E-state index contributed by atoms with van der Waals surface area (Å²) in [6.07, 6.45) is 5.50. The summed E-state index contributed by atoms with van der Waals surface area (Å²) in [5, 5.41) is 6.87. The number of benzene rings is 1. The SMILES string of the molecule is C=C(NC)c1cncc(-c2cc(-c3cc(Cl)ccc3F)nc3c2CCCN3)c1. The minimum Gasteiger partial charge on any atom is -0.388 e. The van der Waals surface area contributed by atoms with E-state index in [1.807, 2.05) is 25.4 Å². The molecule has 3 aromatic rings. The molecule has 4 rings (SSSR count). The fourth-order valence-corrected chi connectivity index (χ4v) is 3.60. The smallest absolute Gasteiger partial charge is 0.132 e. The minimum atomic E-state index is -0.353. The van der Waals surface area contributed by atoms with Crippen molar-refractivity contribution in [2.75, 3.05) is 18.9 Å². The van der Waals surface area contributed by atoms with E-state index < -0.39 is 0 Å². The van der Waals surface area contributed by atoms with Crippen molar-refractivity contribution in [2.45, 2.75) is 12.8 Å². The summed E-state index contributed by atoms with van der Waals surface area (Å²) in [4.78, 5) is 9.06. The average molecular weight is 395 g/mol. The summed E-state index contributed by atoms with van der Waals surface area (Å²) in [6.45, 7) is 4.86. The van der Waals surface area contributed by atoms with Crippen molar-refractivity contribution in [1.82, 2.24) is 15.3 Å². The van der Waals surface area contributed by atoms with Gasteiger partial charge in [-0.05, 0) is 48.7 Å². The van der Waals surface area contributed by atoms with Crippen LogP contribution in [0.4, 0.5) is 10.2 Å². The zero-order valence-electron chi connectivity index (χ0n) is 15.5. The predicted octanol–water partition coefficient (Wildman–Crippen LogP) is 5.15. The first-order valence-electron chi connectivity index (χ1n) is 9.12. The van der Waals surface area contributed by atoms with Gasteiger partial charge in [-0.25, -0.2) is 9.37 Å². The Labute approximate surface area is 168 Å². The number of halogens is 2. The Balaban J connectivity index is 1.92. The first-order valence-corrected chi connectivity index (χ1v) is 9.50. The lowest BCUT2D eigenvalue weighted by Gasteiger charge is -2.22. The summed E-state index contributed by atoms with van der Waals surface area (Å²) < 4.78 is 14.5. The maximum atomic E-state index is 14.5. The highest BCUT2D eigenvalue weighted by Crippen LogP contribution is 2.36. The van der Waals surface area contributed by atoms with Crippen LogP contribution in [0.5, 0.6) is 0 Å². The van der Waals surface area contributed by atoms with Gasteiger partial charge < -0.3 is 10.6 Å². The van der Waals surface area contributed by atoms with E-state index in [0.717, 1.165) is 53.2 Å². The van der Waals surface area contributed by atoms with Gasteiger partial charge in [0.05, 0.1) is 5.69 Å². The molecule has 2 N–H and O–H groups in total. The lowest BCUT2D eigenvalue weighted by atomic mass is 9.93. The highest BCUT2D eigenvalue weighted by atomic mass is 35.5. The van der Waals surface area contributed by atoms with Gasteiger partial charge in [-0.1, -0.05) is 18.2 Å². The van der Waals surface area contributed by atoms with Crippen molar-refractivity contribution < 1.29 is 4.39 Å². The second-order valence-electron chi connectivity index (χ2n) is 6.73. The van der Waals surface area contributed by atoms with Crippen LogP contribution in [-0.4, -0.2) is 23.6 Å². The Morgan fingerprint density at radius 3 is 2.89 bits per heavy atom. The molecule has 1 aliphatic heterocycles. The highest BCUT2D eigenvalue weighted by Gasteiger charge is 2.20. The molecule has 0 saturated heterocycles. The van der Waals surface area contributed by atoms with Crippen LogP contribution in [0.2, 0.25) is 5.02 Å². The van der Waals surface area contributed by atoms with Crippen LogP contribution in [0.25, 0.3) is 28.1 Å². The fraction of sp³-hybridized carbons (Fsp3) is 0.182. The summed E-state index contributed by atoms with van der Waals surface area (Å²) in [7, 11) is 1.83. The molecule has 0 bridgehead atoms. The van der Waals surface area contributed by atoms with Gasteiger partial charge in [0.1, 0.15) is 11.6 Å². The molecule has 6 heteroatoms. The number of anilines is 1. The summed E-state index contributed by atoms with van der Waals surface area (Å²) >= 11 is 6.10. The second kappa shape index (κ2) is 7.60. The third kappa shape index (κ3) is 3.45. The van der Waals surface area contributed by atoms with Crippen LogP contribution in [0.1, 0.15) is 17.5 Å². The van der Waals surface area contributed by atoms with E-state index in [0.29, 0.717) is 16.3 Å². The molecular formula is C22H20ClFN4. The Hall–Kier alpha value is -2.92. The number of rotatable bonds is 4. The lowest BCUT2D eigenvalue weighted by molar-refractivity contribution is 0.630. The molecule has 0 aliphatic carbocycles. The quantitative estimate of drug-likeness (QED) is 0.642. The summed E-state index contributed by atoms with van der Waals surface area (Å²) in [5.41, 5.74) is 5.67. The molecule has 0 spiro atoms. The largest absolute Gasteiger partial charge is 0.388 e. The molecule has 0 amide bonds. The van der Waals surface area contributed by atoms with Crippen molar-refractivity contribution in [3.05, 3.63) is 71.3 Å². The van der Waals surface area contributed by atoms with Gasteiger partial charge in [0.25, 0.3) is 0 Å². The summed E-state index contributed by atoms with van der Waals surface area (Å²) in [6, 6.07) is 8.47. The molecule has 142 valence electrons. The van der Waals surface area contributed by atoms with Crippen molar-refractivity contribution in [3.8, 4) is 22.4 Å². The first-order chi connectivity index (χ1) is 13.6. The number of fused-ring (bicyclic) bond motifs is 1. The second-order valence-corrected chi connectivity index (χ2v) is 7.16. The van der Waals surface area contributed by atoms with Crippen molar-refractivity contribution in [2.24, 2.45) is 0 Å². The Morgan fingerprint density at radius 1 is 1.21 bits per heavy atom. The van der Waals surface area contributed by atoms with E-state index in [2.05, 4.69) is 27.2 Å². The maximum Gasteiger partial charge on any atom is 0.132 e. The molecule has 0 fully saturated rings. The minimum absolute atomic E-state index is 0.353.